The van der Waals surface area contributed by atoms with E-state index in [4.69, 9.17) is 6.92 Å². The first-order valence-corrected chi connectivity index (χ1v) is 13.3. The van der Waals surface area contributed by atoms with E-state index in [9.17, 15) is 4.79 Å². The van der Waals surface area contributed by atoms with Crippen LogP contribution in [0.2, 0.25) is 0 Å². The van der Waals surface area contributed by atoms with Crippen LogP contribution in [0.25, 0.3) is 0 Å². The average molecular weight is 423 g/mol. The summed E-state index contributed by atoms with van der Waals surface area (Å²) < 4.78 is 0. The van der Waals surface area contributed by atoms with Crippen LogP contribution in [0.1, 0.15) is 106 Å². The van der Waals surface area contributed by atoms with Crippen LogP contribution in [0.3, 0.4) is 0 Å². The Morgan fingerprint density at radius 3 is 2.29 bits per heavy atom. The maximum Gasteiger partial charge on any atom is 0.159 e. The summed E-state index contributed by atoms with van der Waals surface area (Å²) in [5, 5.41) is 0. The largest absolute Gasteiger partial charge is 0.295 e. The third-order valence-corrected chi connectivity index (χ3v) is 12.1. The standard InChI is InChI=1S/C30H46O/c1-19(2)24-21(31)18-27(5)16-17-29(7)20(25(24)27)10-11-23-28(6)14-9-13-26(3,4)22(28)12-15-30(23,29)8/h13,19-20,22-23H,5,9-12,14-18H2,1-4,6-8H3/t20-,22+,23-,27+,28+,29-,30-/m1/s1. The molecule has 0 aliphatic heterocycles. The second kappa shape index (κ2) is 6.50. The van der Waals surface area contributed by atoms with E-state index in [-0.39, 0.29) is 5.41 Å². The van der Waals surface area contributed by atoms with Crippen molar-refractivity contribution in [1.29, 1.82) is 0 Å². The maximum absolute atomic E-state index is 13.1. The first-order chi connectivity index (χ1) is 14.3. The van der Waals surface area contributed by atoms with Gasteiger partial charge in [-0.3, -0.25) is 4.79 Å². The molecule has 0 aromatic rings. The predicted octanol–water partition coefficient (Wildman–Crippen LogP) is 8.01. The molecule has 1 nitrogen and oxygen atoms in total. The number of hydrogen-bond acceptors (Lipinski definition) is 1. The molecule has 7 atom stereocenters. The van der Waals surface area contributed by atoms with Crippen molar-refractivity contribution in [3.05, 3.63) is 24.5 Å². The number of carbonyl (C=O) groups is 1. The van der Waals surface area contributed by atoms with Crippen LogP contribution < -0.4 is 0 Å². The molecular formula is C30H46O. The topological polar surface area (TPSA) is 17.1 Å². The highest BCUT2D eigenvalue weighted by Gasteiger charge is 2.68. The number of Topliss-reactive ketones (excluding diaryl/α,β-unsaturated/α-hetero) is 1. The van der Waals surface area contributed by atoms with Gasteiger partial charge in [-0.1, -0.05) is 54.0 Å². The van der Waals surface area contributed by atoms with Crippen molar-refractivity contribution < 1.29 is 4.79 Å². The Labute approximate surface area is 192 Å². The summed E-state index contributed by atoms with van der Waals surface area (Å²) in [5.41, 5.74) is 4.09. The van der Waals surface area contributed by atoms with Crippen molar-refractivity contribution in [2.75, 3.05) is 0 Å². The van der Waals surface area contributed by atoms with E-state index in [0.717, 1.165) is 18.3 Å². The summed E-state index contributed by atoms with van der Waals surface area (Å²) in [6.45, 7) is 22.2. The first kappa shape index (κ1) is 22.2. The third-order valence-electron chi connectivity index (χ3n) is 12.1. The van der Waals surface area contributed by atoms with E-state index < -0.39 is 0 Å². The van der Waals surface area contributed by atoms with E-state index in [1.807, 2.05) is 0 Å². The van der Waals surface area contributed by atoms with Crippen molar-refractivity contribution in [3.63, 3.8) is 0 Å². The highest BCUT2D eigenvalue weighted by Crippen LogP contribution is 2.76. The lowest BCUT2D eigenvalue weighted by molar-refractivity contribution is -0.204. The molecule has 5 aliphatic rings. The molecule has 5 aliphatic carbocycles. The van der Waals surface area contributed by atoms with Gasteiger partial charge in [0.15, 0.2) is 5.78 Å². The zero-order chi connectivity index (χ0) is 22.6. The number of ketones is 1. The van der Waals surface area contributed by atoms with Gasteiger partial charge in [0.1, 0.15) is 0 Å². The van der Waals surface area contributed by atoms with E-state index in [2.05, 4.69) is 54.9 Å². The van der Waals surface area contributed by atoms with E-state index >= 15 is 0 Å². The lowest BCUT2D eigenvalue weighted by Gasteiger charge is -2.71. The monoisotopic (exact) mass is 422 g/mol. The second-order valence-corrected chi connectivity index (χ2v) is 14.0. The van der Waals surface area contributed by atoms with Crippen LogP contribution in [0.15, 0.2) is 11.1 Å². The Morgan fingerprint density at radius 2 is 1.61 bits per heavy atom. The smallest absolute Gasteiger partial charge is 0.159 e. The Balaban J connectivity index is 1.61. The molecule has 0 unspecified atom stereocenters. The normalized spacial score (nSPS) is 51.3. The van der Waals surface area contributed by atoms with E-state index in [0.29, 0.717) is 45.7 Å². The first-order valence-electron chi connectivity index (χ1n) is 13.3. The van der Waals surface area contributed by atoms with Crippen molar-refractivity contribution in [1.82, 2.24) is 0 Å². The molecule has 0 spiro atoms. The number of rotatable bonds is 1. The summed E-state index contributed by atoms with van der Waals surface area (Å²) in [4.78, 5) is 13.1. The minimum absolute atomic E-state index is 0.104. The van der Waals surface area contributed by atoms with Gasteiger partial charge in [-0.05, 0) is 121 Å². The molecule has 2 radical (unpaired) electrons. The van der Waals surface area contributed by atoms with Crippen LogP contribution in [0.5, 0.6) is 0 Å². The van der Waals surface area contributed by atoms with Crippen LogP contribution in [0.4, 0.5) is 0 Å². The van der Waals surface area contributed by atoms with Gasteiger partial charge in [0, 0.05) is 6.42 Å². The predicted molar refractivity (Wildman–Crippen MR) is 129 cm³/mol. The summed E-state index contributed by atoms with van der Waals surface area (Å²) in [5.74, 6) is 2.94. The lowest BCUT2D eigenvalue weighted by atomic mass is 9.33. The molecule has 0 aromatic carbocycles. The molecule has 4 fully saturated rings. The summed E-state index contributed by atoms with van der Waals surface area (Å²) in [6.07, 6.45) is 13.7. The number of hydrogen-bond donors (Lipinski definition) is 0. The van der Waals surface area contributed by atoms with Crippen LogP contribution in [-0.2, 0) is 4.79 Å². The molecule has 0 N–H and O–H groups in total. The molecule has 31 heavy (non-hydrogen) atoms. The van der Waals surface area contributed by atoms with E-state index in [1.165, 1.54) is 56.1 Å². The van der Waals surface area contributed by atoms with Crippen molar-refractivity contribution in [2.24, 2.45) is 50.7 Å². The Hall–Kier alpha value is -0.590. The van der Waals surface area contributed by atoms with Gasteiger partial charge < -0.3 is 0 Å². The van der Waals surface area contributed by atoms with Gasteiger partial charge >= 0.3 is 0 Å². The van der Waals surface area contributed by atoms with E-state index in [1.54, 1.807) is 0 Å². The Bertz CT molecular complexity index is 831. The molecule has 4 saturated carbocycles. The fourth-order valence-corrected chi connectivity index (χ4v) is 10.5. The van der Waals surface area contributed by atoms with Crippen molar-refractivity contribution >= 4 is 5.78 Å². The molecule has 5 rings (SSSR count). The minimum Gasteiger partial charge on any atom is -0.295 e. The number of carbonyl (C=O) groups excluding carboxylic acids is 1. The van der Waals surface area contributed by atoms with Gasteiger partial charge in [0.25, 0.3) is 0 Å². The quantitative estimate of drug-likeness (QED) is 0.418. The Morgan fingerprint density at radius 1 is 0.903 bits per heavy atom. The summed E-state index contributed by atoms with van der Waals surface area (Å²) in [7, 11) is 0. The SMILES string of the molecule is [CH2][C@@]12CC[C@]3(C)[C@H](CC[C@@H]4[C@@]5(C)CC[CH]C(C)(C)[C@@H]5CC[C@]43C)C1=C(C(C)C)C(=O)C2. The summed E-state index contributed by atoms with van der Waals surface area (Å²) >= 11 is 0. The van der Waals surface area contributed by atoms with Gasteiger partial charge in [0.2, 0.25) is 0 Å². The van der Waals surface area contributed by atoms with Crippen LogP contribution in [-0.4, -0.2) is 5.78 Å². The lowest BCUT2D eigenvalue weighted by Crippen LogP contribution is -2.64. The molecule has 1 heteroatoms. The van der Waals surface area contributed by atoms with Crippen LogP contribution >= 0.6 is 0 Å². The van der Waals surface area contributed by atoms with Crippen molar-refractivity contribution in [3.8, 4) is 0 Å². The highest BCUT2D eigenvalue weighted by molar-refractivity contribution is 6.00. The van der Waals surface area contributed by atoms with Crippen LogP contribution in [0, 0.1) is 64.1 Å². The molecule has 172 valence electrons. The van der Waals surface area contributed by atoms with Gasteiger partial charge in [0.05, 0.1) is 0 Å². The minimum atomic E-state index is -0.104. The summed E-state index contributed by atoms with van der Waals surface area (Å²) in [6, 6.07) is 0. The van der Waals surface area contributed by atoms with Gasteiger partial charge in [-0.25, -0.2) is 0 Å². The fourth-order valence-electron chi connectivity index (χ4n) is 10.5. The molecule has 0 bridgehead atoms. The zero-order valence-corrected chi connectivity index (χ0v) is 21.4. The average Bonchev–Trinajstić information content (AvgIpc) is 2.92. The third kappa shape index (κ3) is 2.64. The van der Waals surface area contributed by atoms with Gasteiger partial charge in [-0.2, -0.15) is 0 Å². The highest BCUT2D eigenvalue weighted by atomic mass is 16.1. The molecule has 0 heterocycles. The molecule has 0 aromatic heterocycles. The molecular weight excluding hydrogens is 376 g/mol. The number of fused-ring (bicyclic) bond motifs is 7. The fraction of sp³-hybridized carbons (Fsp3) is 0.833. The van der Waals surface area contributed by atoms with Crippen molar-refractivity contribution in [2.45, 2.75) is 106 Å². The van der Waals surface area contributed by atoms with Gasteiger partial charge in [-0.15, -0.1) is 0 Å². The zero-order valence-electron chi connectivity index (χ0n) is 21.4. The molecule has 0 amide bonds. The maximum atomic E-state index is 13.1. The molecule has 0 saturated heterocycles. The Kier molecular flexibility index (Phi) is 4.66. The number of allylic oxidation sites excluding steroid dienone is 2. The second-order valence-electron chi connectivity index (χ2n) is 14.0.